The zero-order chi connectivity index (χ0) is 14.2. The third-order valence-electron chi connectivity index (χ3n) is 2.78. The van der Waals surface area contributed by atoms with Crippen LogP contribution in [-0.2, 0) is 11.3 Å². The van der Waals surface area contributed by atoms with Gasteiger partial charge in [-0.1, -0.05) is 43.7 Å². The van der Waals surface area contributed by atoms with Gasteiger partial charge < -0.3 is 9.47 Å². The Morgan fingerprint density at radius 2 is 2.00 bits per heavy atom. The van der Waals surface area contributed by atoms with Crippen molar-refractivity contribution in [3.8, 4) is 5.75 Å². The highest BCUT2D eigenvalue weighted by Gasteiger charge is 2.16. The molecule has 1 aromatic heterocycles. The van der Waals surface area contributed by atoms with E-state index in [0.29, 0.717) is 17.2 Å². The topological polar surface area (TPSA) is 35.5 Å². The number of hydrogen-bond donors (Lipinski definition) is 0. The highest BCUT2D eigenvalue weighted by atomic mass is 32.1. The summed E-state index contributed by atoms with van der Waals surface area (Å²) in [4.78, 5) is 12.6. The molecule has 106 valence electrons. The highest BCUT2D eigenvalue weighted by Crippen LogP contribution is 2.26. The summed E-state index contributed by atoms with van der Waals surface area (Å²) in [5, 5.41) is 1.85. The maximum Gasteiger partial charge on any atom is 0.352 e. The largest absolute Gasteiger partial charge is 0.492 e. The molecular weight excluding hydrogens is 272 g/mol. The zero-order valence-electron chi connectivity index (χ0n) is 11.5. The third-order valence-corrected chi connectivity index (χ3v) is 3.66. The molecule has 3 nitrogen and oxygen atoms in total. The van der Waals surface area contributed by atoms with Gasteiger partial charge in [-0.05, 0) is 23.4 Å². The zero-order valence-corrected chi connectivity index (χ0v) is 12.3. The molecule has 0 aliphatic rings. The van der Waals surface area contributed by atoms with Crippen molar-refractivity contribution in [2.24, 2.45) is 0 Å². The summed E-state index contributed by atoms with van der Waals surface area (Å²) in [6.07, 6.45) is 2.05. The number of carbonyl (C=O) groups excluding carboxylic acids is 1. The summed E-state index contributed by atoms with van der Waals surface area (Å²) in [5.41, 5.74) is 0.978. The van der Waals surface area contributed by atoms with Crippen molar-refractivity contribution in [1.82, 2.24) is 0 Å². The molecule has 0 amide bonds. The van der Waals surface area contributed by atoms with Gasteiger partial charge in [-0.3, -0.25) is 0 Å². The lowest BCUT2D eigenvalue weighted by Crippen LogP contribution is -2.06. The first-order valence-corrected chi connectivity index (χ1v) is 7.60. The van der Waals surface area contributed by atoms with Crippen molar-refractivity contribution in [3.63, 3.8) is 0 Å². The van der Waals surface area contributed by atoms with Crippen LogP contribution in [0.2, 0.25) is 0 Å². The lowest BCUT2D eigenvalue weighted by atomic mass is 10.2. The molecule has 0 fully saturated rings. The Morgan fingerprint density at radius 1 is 1.20 bits per heavy atom. The van der Waals surface area contributed by atoms with Gasteiger partial charge in [-0.2, -0.15) is 0 Å². The second kappa shape index (κ2) is 7.70. The number of rotatable bonds is 7. The van der Waals surface area contributed by atoms with Crippen LogP contribution in [0.5, 0.6) is 5.75 Å². The number of thiophene rings is 1. The van der Waals surface area contributed by atoms with E-state index >= 15 is 0 Å². The second-order valence-corrected chi connectivity index (χ2v) is 5.29. The maximum absolute atomic E-state index is 12.0. The molecule has 0 radical (unpaired) electrons. The molecule has 0 spiro atoms. The lowest BCUT2D eigenvalue weighted by Gasteiger charge is -2.07. The number of carbonyl (C=O) groups is 1. The van der Waals surface area contributed by atoms with E-state index in [-0.39, 0.29) is 12.6 Å². The fourth-order valence-electron chi connectivity index (χ4n) is 1.68. The van der Waals surface area contributed by atoms with Crippen LogP contribution in [0, 0.1) is 0 Å². The van der Waals surface area contributed by atoms with Crippen LogP contribution in [0.25, 0.3) is 0 Å². The molecule has 1 aromatic carbocycles. The predicted octanol–water partition coefficient (Wildman–Crippen LogP) is 4.28. The molecule has 0 aliphatic heterocycles. The van der Waals surface area contributed by atoms with Crippen molar-refractivity contribution in [3.05, 3.63) is 52.2 Å². The Labute approximate surface area is 123 Å². The fourth-order valence-corrected chi connectivity index (χ4v) is 2.40. The van der Waals surface area contributed by atoms with Crippen molar-refractivity contribution < 1.29 is 14.3 Å². The molecular formula is C16H18O3S. The Balaban J connectivity index is 1.90. The number of ether oxygens (including phenoxy) is 2. The SMILES string of the molecule is CCCCOc1ccsc1C(=O)OCc1ccccc1. The fraction of sp³-hybridized carbons (Fsp3) is 0.312. The Morgan fingerprint density at radius 3 is 2.75 bits per heavy atom. The first-order chi connectivity index (χ1) is 9.81. The first kappa shape index (κ1) is 14.6. The van der Waals surface area contributed by atoms with Crippen molar-refractivity contribution in [1.29, 1.82) is 0 Å². The molecule has 0 bridgehead atoms. The number of benzene rings is 1. The summed E-state index contributed by atoms with van der Waals surface area (Å²) >= 11 is 1.35. The van der Waals surface area contributed by atoms with Crippen molar-refractivity contribution in [2.45, 2.75) is 26.4 Å². The summed E-state index contributed by atoms with van der Waals surface area (Å²) in [6, 6.07) is 11.5. The Hall–Kier alpha value is -1.81. The smallest absolute Gasteiger partial charge is 0.352 e. The van der Waals surface area contributed by atoms with Gasteiger partial charge in [-0.25, -0.2) is 4.79 Å². The number of esters is 1. The van der Waals surface area contributed by atoms with E-state index < -0.39 is 0 Å². The lowest BCUT2D eigenvalue weighted by molar-refractivity contribution is 0.0474. The average molecular weight is 290 g/mol. The molecule has 0 aliphatic carbocycles. The molecule has 0 atom stereocenters. The van der Waals surface area contributed by atoms with Crippen LogP contribution < -0.4 is 4.74 Å². The minimum atomic E-state index is -0.324. The van der Waals surface area contributed by atoms with Crippen LogP contribution in [0.3, 0.4) is 0 Å². The van der Waals surface area contributed by atoms with Gasteiger partial charge >= 0.3 is 5.97 Å². The summed E-state index contributed by atoms with van der Waals surface area (Å²) in [7, 11) is 0. The van der Waals surface area contributed by atoms with Crippen LogP contribution in [0.4, 0.5) is 0 Å². The van der Waals surface area contributed by atoms with E-state index in [0.717, 1.165) is 18.4 Å². The van der Waals surface area contributed by atoms with Crippen LogP contribution in [-0.4, -0.2) is 12.6 Å². The van der Waals surface area contributed by atoms with Crippen molar-refractivity contribution >= 4 is 17.3 Å². The van der Waals surface area contributed by atoms with Crippen LogP contribution in [0.1, 0.15) is 35.0 Å². The van der Waals surface area contributed by atoms with Gasteiger partial charge in [0.25, 0.3) is 0 Å². The van der Waals surface area contributed by atoms with Gasteiger partial charge in [0, 0.05) is 0 Å². The van der Waals surface area contributed by atoms with Crippen LogP contribution >= 0.6 is 11.3 Å². The molecule has 0 unspecified atom stereocenters. The van der Waals surface area contributed by atoms with E-state index in [1.165, 1.54) is 11.3 Å². The Kier molecular flexibility index (Phi) is 5.62. The number of unbranched alkanes of at least 4 members (excludes halogenated alkanes) is 1. The monoisotopic (exact) mass is 290 g/mol. The predicted molar refractivity (Wildman–Crippen MR) is 80.3 cm³/mol. The van der Waals surface area contributed by atoms with Crippen molar-refractivity contribution in [2.75, 3.05) is 6.61 Å². The van der Waals surface area contributed by atoms with Crippen LogP contribution in [0.15, 0.2) is 41.8 Å². The standard InChI is InChI=1S/C16H18O3S/c1-2-3-10-18-14-9-11-20-15(14)16(17)19-12-13-7-5-4-6-8-13/h4-9,11H,2-3,10,12H2,1H3. The van der Waals surface area contributed by atoms with Gasteiger partial charge in [0.15, 0.2) is 4.88 Å². The molecule has 20 heavy (non-hydrogen) atoms. The van der Waals surface area contributed by atoms with E-state index in [1.807, 2.05) is 41.8 Å². The third kappa shape index (κ3) is 4.10. The van der Waals surface area contributed by atoms with Gasteiger partial charge in [0.05, 0.1) is 6.61 Å². The van der Waals surface area contributed by atoms with Gasteiger partial charge in [0.2, 0.25) is 0 Å². The molecule has 0 N–H and O–H groups in total. The van der Waals surface area contributed by atoms with E-state index in [4.69, 9.17) is 9.47 Å². The quantitative estimate of drug-likeness (QED) is 0.564. The normalized spacial score (nSPS) is 10.2. The molecule has 0 saturated carbocycles. The molecule has 0 saturated heterocycles. The summed E-state index contributed by atoms with van der Waals surface area (Å²) < 4.78 is 10.9. The van der Waals surface area contributed by atoms with E-state index in [9.17, 15) is 4.79 Å². The molecule has 1 heterocycles. The van der Waals surface area contributed by atoms with Gasteiger partial charge in [-0.15, -0.1) is 11.3 Å². The first-order valence-electron chi connectivity index (χ1n) is 6.72. The van der Waals surface area contributed by atoms with Gasteiger partial charge in [0.1, 0.15) is 12.4 Å². The van der Waals surface area contributed by atoms with E-state index in [1.54, 1.807) is 0 Å². The van der Waals surface area contributed by atoms with E-state index in [2.05, 4.69) is 6.92 Å². The second-order valence-electron chi connectivity index (χ2n) is 4.38. The minimum Gasteiger partial charge on any atom is -0.492 e. The summed E-state index contributed by atoms with van der Waals surface area (Å²) in [6.45, 7) is 3.02. The Bertz CT molecular complexity index is 534. The number of hydrogen-bond acceptors (Lipinski definition) is 4. The highest BCUT2D eigenvalue weighted by molar-refractivity contribution is 7.12. The molecule has 4 heteroatoms. The minimum absolute atomic E-state index is 0.284. The summed E-state index contributed by atoms with van der Waals surface area (Å²) in [5.74, 6) is 0.303. The maximum atomic E-state index is 12.0. The average Bonchev–Trinajstić information content (AvgIpc) is 2.95. The molecule has 2 rings (SSSR count). The molecule has 2 aromatic rings.